The van der Waals surface area contributed by atoms with Gasteiger partial charge in [0.05, 0.1) is 17.4 Å². The third-order valence-corrected chi connectivity index (χ3v) is 3.01. The van der Waals surface area contributed by atoms with E-state index in [1.807, 2.05) is 6.92 Å². The normalized spacial score (nSPS) is 11.8. The fraction of sp³-hybridized carbons (Fsp3) is 0.500. The number of rotatable bonds is 8. The second kappa shape index (κ2) is 7.47. The van der Waals surface area contributed by atoms with E-state index in [1.165, 1.54) is 6.07 Å². The minimum Gasteiger partial charge on any atom is -0.487 e. The molecule has 0 aromatic heterocycles. The summed E-state index contributed by atoms with van der Waals surface area (Å²) in [4.78, 5) is 23.1. The predicted octanol–water partition coefficient (Wildman–Crippen LogP) is 2.54. The third kappa shape index (κ3) is 4.62. The van der Waals surface area contributed by atoms with Crippen molar-refractivity contribution in [3.05, 3.63) is 28.3 Å². The molecule has 0 radical (unpaired) electrons. The van der Waals surface area contributed by atoms with E-state index in [4.69, 9.17) is 9.84 Å². The fourth-order valence-electron chi connectivity index (χ4n) is 1.81. The monoisotopic (exact) mass is 296 g/mol. The first-order chi connectivity index (χ1) is 9.86. The molecule has 0 amide bonds. The van der Waals surface area contributed by atoms with Crippen LogP contribution in [0.4, 0.5) is 11.4 Å². The summed E-state index contributed by atoms with van der Waals surface area (Å²) >= 11 is 0. The largest absolute Gasteiger partial charge is 0.487 e. The topological polar surface area (TPSA) is 92.9 Å². The van der Waals surface area contributed by atoms with Crippen LogP contribution in [0.15, 0.2) is 18.2 Å². The zero-order valence-electron chi connectivity index (χ0n) is 12.4. The highest BCUT2D eigenvalue weighted by Gasteiger charge is 2.19. The number of benzene rings is 1. The van der Waals surface area contributed by atoms with Gasteiger partial charge in [-0.1, -0.05) is 13.8 Å². The van der Waals surface area contributed by atoms with Crippen LogP contribution < -0.4 is 9.64 Å². The molecule has 7 nitrogen and oxygen atoms in total. The molecule has 7 heteroatoms. The zero-order valence-corrected chi connectivity index (χ0v) is 12.4. The number of carbonyl (C=O) groups is 1. The van der Waals surface area contributed by atoms with Crippen LogP contribution in [0.5, 0.6) is 5.75 Å². The lowest BCUT2D eigenvalue weighted by Crippen LogP contribution is -2.28. The van der Waals surface area contributed by atoms with Gasteiger partial charge in [0.25, 0.3) is 0 Å². The average Bonchev–Trinajstić information content (AvgIpc) is 2.44. The smallest absolute Gasteiger partial charge is 0.311 e. The molecular weight excluding hydrogens is 276 g/mol. The molecule has 0 aliphatic carbocycles. The molecule has 0 aliphatic rings. The second-order valence-electron chi connectivity index (χ2n) is 4.88. The summed E-state index contributed by atoms with van der Waals surface area (Å²) < 4.78 is 5.41. The van der Waals surface area contributed by atoms with Crippen LogP contribution in [-0.2, 0) is 4.79 Å². The summed E-state index contributed by atoms with van der Waals surface area (Å²) in [7, 11) is 1.74. The van der Waals surface area contributed by atoms with E-state index in [0.717, 1.165) is 6.42 Å². The molecule has 0 saturated heterocycles. The lowest BCUT2D eigenvalue weighted by atomic mass is 10.1. The van der Waals surface area contributed by atoms with Gasteiger partial charge in [-0.25, -0.2) is 0 Å². The molecule has 0 heterocycles. The van der Waals surface area contributed by atoms with E-state index in [-0.39, 0.29) is 11.4 Å². The van der Waals surface area contributed by atoms with Crippen LogP contribution >= 0.6 is 0 Å². The van der Waals surface area contributed by atoms with Crippen LogP contribution in [0.3, 0.4) is 0 Å². The van der Waals surface area contributed by atoms with Crippen molar-refractivity contribution in [2.45, 2.75) is 20.3 Å². The van der Waals surface area contributed by atoms with Crippen LogP contribution in [0, 0.1) is 16.0 Å². The number of hydrogen-bond donors (Lipinski definition) is 1. The van der Waals surface area contributed by atoms with E-state index >= 15 is 0 Å². The minimum atomic E-state index is -0.883. The second-order valence-corrected chi connectivity index (χ2v) is 4.88. The molecule has 1 unspecified atom stereocenters. The van der Waals surface area contributed by atoms with Crippen LogP contribution in [0.25, 0.3) is 0 Å². The maximum absolute atomic E-state index is 11.0. The van der Waals surface area contributed by atoms with Gasteiger partial charge >= 0.3 is 11.7 Å². The molecule has 1 atom stereocenters. The highest BCUT2D eigenvalue weighted by atomic mass is 16.6. The molecule has 21 heavy (non-hydrogen) atoms. The quantitative estimate of drug-likeness (QED) is 0.585. The number of nitro benzene ring substituents is 1. The lowest BCUT2D eigenvalue weighted by molar-refractivity contribution is -0.385. The summed E-state index contributed by atoms with van der Waals surface area (Å²) in [6.07, 6.45) is 0.743. The van der Waals surface area contributed by atoms with E-state index < -0.39 is 16.8 Å². The van der Waals surface area contributed by atoms with Crippen molar-refractivity contribution in [3.63, 3.8) is 0 Å². The molecule has 0 saturated carbocycles. The SMILES string of the molecule is CCCOc1cc(N(C)CC(C)C(=O)O)ccc1[N+](=O)[O-]. The highest BCUT2D eigenvalue weighted by Crippen LogP contribution is 2.31. The Morgan fingerprint density at radius 1 is 1.52 bits per heavy atom. The van der Waals surface area contributed by atoms with Gasteiger partial charge in [-0.2, -0.15) is 0 Å². The number of nitrogens with zero attached hydrogens (tertiary/aromatic N) is 2. The Labute approximate surface area is 123 Å². The molecule has 0 aliphatic heterocycles. The van der Waals surface area contributed by atoms with Crippen LogP contribution in [-0.4, -0.2) is 36.2 Å². The molecule has 1 aromatic carbocycles. The van der Waals surface area contributed by atoms with Crippen molar-refractivity contribution in [2.24, 2.45) is 5.92 Å². The van der Waals surface area contributed by atoms with E-state index in [2.05, 4.69) is 0 Å². The Morgan fingerprint density at radius 3 is 2.71 bits per heavy atom. The standard InChI is InChI=1S/C14H20N2O5/c1-4-7-21-13-8-11(5-6-12(13)16(19)20)15(3)9-10(2)14(17)18/h5-6,8,10H,4,7,9H2,1-3H3,(H,17,18). The molecule has 0 spiro atoms. The number of ether oxygens (including phenoxy) is 1. The summed E-state index contributed by atoms with van der Waals surface area (Å²) in [5.74, 6) is -1.22. The maximum atomic E-state index is 11.0. The van der Waals surface area contributed by atoms with E-state index in [9.17, 15) is 14.9 Å². The third-order valence-electron chi connectivity index (χ3n) is 3.01. The van der Waals surface area contributed by atoms with Crippen molar-refractivity contribution in [1.29, 1.82) is 0 Å². The Bertz CT molecular complexity index is 518. The summed E-state index contributed by atoms with van der Waals surface area (Å²) in [6.45, 7) is 4.22. The molecule has 1 N–H and O–H groups in total. The van der Waals surface area contributed by atoms with Crippen LogP contribution in [0.2, 0.25) is 0 Å². The first-order valence-electron chi connectivity index (χ1n) is 6.72. The molecule has 1 aromatic rings. The molecule has 1 rings (SSSR count). The maximum Gasteiger partial charge on any atom is 0.311 e. The van der Waals surface area contributed by atoms with Gasteiger partial charge in [0.2, 0.25) is 0 Å². The molecular formula is C14H20N2O5. The Morgan fingerprint density at radius 2 is 2.19 bits per heavy atom. The molecule has 0 bridgehead atoms. The predicted molar refractivity (Wildman–Crippen MR) is 79.0 cm³/mol. The highest BCUT2D eigenvalue weighted by molar-refractivity contribution is 5.70. The molecule has 0 fully saturated rings. The van der Waals surface area contributed by atoms with Crippen molar-refractivity contribution in [3.8, 4) is 5.75 Å². The van der Waals surface area contributed by atoms with Gasteiger partial charge in [0, 0.05) is 31.4 Å². The molecule has 116 valence electrons. The van der Waals surface area contributed by atoms with Crippen molar-refractivity contribution >= 4 is 17.3 Å². The van der Waals surface area contributed by atoms with Gasteiger partial charge < -0.3 is 14.7 Å². The number of aliphatic carboxylic acids is 1. The Hall–Kier alpha value is -2.31. The number of carboxylic acids is 1. The summed E-state index contributed by atoms with van der Waals surface area (Å²) in [5.41, 5.74) is 0.590. The Kier molecular flexibility index (Phi) is 5.95. The van der Waals surface area contributed by atoms with Crippen molar-refractivity contribution in [2.75, 3.05) is 25.1 Å². The van der Waals surface area contributed by atoms with Gasteiger partial charge in [0.15, 0.2) is 5.75 Å². The number of hydrogen-bond acceptors (Lipinski definition) is 5. The first-order valence-corrected chi connectivity index (χ1v) is 6.72. The van der Waals surface area contributed by atoms with Gasteiger partial charge in [-0.3, -0.25) is 14.9 Å². The number of carboxylic acid groups (broad SMARTS) is 1. The first kappa shape index (κ1) is 16.7. The average molecular weight is 296 g/mol. The van der Waals surface area contributed by atoms with Gasteiger partial charge in [-0.15, -0.1) is 0 Å². The van der Waals surface area contributed by atoms with Crippen molar-refractivity contribution < 1.29 is 19.6 Å². The van der Waals surface area contributed by atoms with Crippen molar-refractivity contribution in [1.82, 2.24) is 0 Å². The van der Waals surface area contributed by atoms with Gasteiger partial charge in [-0.05, 0) is 12.5 Å². The fourth-order valence-corrected chi connectivity index (χ4v) is 1.81. The lowest BCUT2D eigenvalue weighted by Gasteiger charge is -2.22. The Balaban J connectivity index is 2.97. The van der Waals surface area contributed by atoms with E-state index in [0.29, 0.717) is 18.8 Å². The minimum absolute atomic E-state index is 0.0908. The van der Waals surface area contributed by atoms with Gasteiger partial charge in [0.1, 0.15) is 0 Å². The van der Waals surface area contributed by atoms with E-state index in [1.54, 1.807) is 31.0 Å². The van der Waals surface area contributed by atoms with Crippen LogP contribution in [0.1, 0.15) is 20.3 Å². The number of nitro groups is 1. The number of anilines is 1. The summed E-state index contributed by atoms with van der Waals surface area (Å²) in [5, 5.41) is 19.9. The zero-order chi connectivity index (χ0) is 16.0. The summed E-state index contributed by atoms with van der Waals surface area (Å²) in [6, 6.07) is 4.54.